The van der Waals surface area contributed by atoms with Gasteiger partial charge in [-0.05, 0) is 43.6 Å². The molecule has 0 spiro atoms. The molecule has 1 aliphatic heterocycles. The molecule has 0 aliphatic carbocycles. The minimum absolute atomic E-state index is 0.240. The molecule has 6 heteroatoms. The summed E-state index contributed by atoms with van der Waals surface area (Å²) in [4.78, 5) is 14.0. The third kappa shape index (κ3) is 4.93. The summed E-state index contributed by atoms with van der Waals surface area (Å²) >= 11 is 5.81. The van der Waals surface area contributed by atoms with Crippen molar-refractivity contribution >= 4 is 17.5 Å². The molecule has 1 saturated heterocycles. The summed E-state index contributed by atoms with van der Waals surface area (Å²) in [7, 11) is 0. The van der Waals surface area contributed by atoms with Crippen LogP contribution in [0.4, 0.5) is 8.78 Å². The molecule has 116 valence electrons. The fourth-order valence-corrected chi connectivity index (χ4v) is 2.70. The van der Waals surface area contributed by atoms with Crippen LogP contribution in [0.3, 0.4) is 0 Å². The highest BCUT2D eigenvalue weighted by molar-refractivity contribution is 6.30. The molecule has 1 fully saturated rings. The maximum absolute atomic E-state index is 13.1. The van der Waals surface area contributed by atoms with Crippen molar-refractivity contribution in [1.29, 1.82) is 0 Å². The molecule has 3 nitrogen and oxygen atoms in total. The predicted molar refractivity (Wildman–Crippen MR) is 78.6 cm³/mol. The Bertz CT molecular complexity index is 478. The first-order chi connectivity index (χ1) is 10.1. The quantitative estimate of drug-likeness (QED) is 0.874. The van der Waals surface area contributed by atoms with Gasteiger partial charge >= 0.3 is 0 Å². The normalized spacial score (nSPS) is 17.1. The fraction of sp³-hybridized carbons (Fsp3) is 0.533. The lowest BCUT2D eigenvalue weighted by Crippen LogP contribution is -2.35. The number of rotatable bonds is 6. The van der Waals surface area contributed by atoms with Crippen molar-refractivity contribution in [3.05, 3.63) is 34.9 Å². The zero-order valence-corrected chi connectivity index (χ0v) is 12.5. The van der Waals surface area contributed by atoms with E-state index in [0.29, 0.717) is 17.1 Å². The second kappa shape index (κ2) is 7.71. The Morgan fingerprint density at radius 2 is 2.05 bits per heavy atom. The molecule has 0 unspecified atom stereocenters. The topological polar surface area (TPSA) is 32.3 Å². The van der Waals surface area contributed by atoms with Crippen molar-refractivity contribution in [2.45, 2.75) is 31.7 Å². The van der Waals surface area contributed by atoms with E-state index in [9.17, 15) is 13.6 Å². The molecule has 1 amide bonds. The van der Waals surface area contributed by atoms with Gasteiger partial charge in [0.1, 0.15) is 6.04 Å². The van der Waals surface area contributed by atoms with Crippen LogP contribution in [0.5, 0.6) is 0 Å². The molecule has 1 atom stereocenters. The SMILES string of the molecule is O=C(CCN1CCCC1)N[C@H](c1cccc(Cl)c1)C(F)F. The number of halogens is 3. The van der Waals surface area contributed by atoms with Crippen LogP contribution < -0.4 is 5.32 Å². The fourth-order valence-electron chi connectivity index (χ4n) is 2.50. The third-order valence-corrected chi connectivity index (χ3v) is 3.87. The number of likely N-dealkylation sites (tertiary alicyclic amines) is 1. The van der Waals surface area contributed by atoms with Crippen LogP contribution in [0.2, 0.25) is 5.02 Å². The first kappa shape index (κ1) is 16.2. The molecule has 21 heavy (non-hydrogen) atoms. The zero-order chi connectivity index (χ0) is 15.2. The van der Waals surface area contributed by atoms with Gasteiger partial charge in [-0.25, -0.2) is 8.78 Å². The number of benzene rings is 1. The minimum Gasteiger partial charge on any atom is -0.344 e. The van der Waals surface area contributed by atoms with E-state index in [4.69, 9.17) is 11.6 Å². The van der Waals surface area contributed by atoms with E-state index in [1.807, 2.05) is 0 Å². The van der Waals surface area contributed by atoms with E-state index in [-0.39, 0.29) is 12.3 Å². The van der Waals surface area contributed by atoms with Crippen molar-refractivity contribution < 1.29 is 13.6 Å². The number of hydrogen-bond acceptors (Lipinski definition) is 2. The zero-order valence-electron chi connectivity index (χ0n) is 11.7. The van der Waals surface area contributed by atoms with Gasteiger partial charge in [0, 0.05) is 18.0 Å². The van der Waals surface area contributed by atoms with Crippen LogP contribution in [0.1, 0.15) is 30.9 Å². The molecule has 0 radical (unpaired) electrons. The van der Waals surface area contributed by atoms with Crippen molar-refractivity contribution in [2.24, 2.45) is 0 Å². The van der Waals surface area contributed by atoms with Gasteiger partial charge in [0.25, 0.3) is 6.43 Å². The highest BCUT2D eigenvalue weighted by atomic mass is 35.5. The number of alkyl halides is 2. The Morgan fingerprint density at radius 1 is 1.33 bits per heavy atom. The summed E-state index contributed by atoms with van der Waals surface area (Å²) in [6.45, 7) is 2.59. The number of amides is 1. The predicted octanol–water partition coefficient (Wildman–Crippen LogP) is 3.25. The van der Waals surface area contributed by atoms with Crippen LogP contribution in [-0.2, 0) is 4.79 Å². The Kier molecular flexibility index (Phi) is 5.94. The van der Waals surface area contributed by atoms with E-state index in [2.05, 4.69) is 10.2 Å². The Labute approximate surface area is 128 Å². The summed E-state index contributed by atoms with van der Waals surface area (Å²) in [5, 5.41) is 2.79. The number of carbonyl (C=O) groups is 1. The van der Waals surface area contributed by atoms with Crippen LogP contribution in [-0.4, -0.2) is 36.9 Å². The Hall–Kier alpha value is -1.20. The maximum Gasteiger partial charge on any atom is 0.262 e. The van der Waals surface area contributed by atoms with Crippen LogP contribution in [0, 0.1) is 0 Å². The first-order valence-corrected chi connectivity index (χ1v) is 7.49. The third-order valence-electron chi connectivity index (χ3n) is 3.63. The molecule has 1 aromatic carbocycles. The highest BCUT2D eigenvalue weighted by Crippen LogP contribution is 2.23. The lowest BCUT2D eigenvalue weighted by Gasteiger charge is -2.20. The number of carbonyl (C=O) groups excluding carboxylic acids is 1. The van der Waals surface area contributed by atoms with Crippen LogP contribution in [0.25, 0.3) is 0 Å². The molecule has 1 aromatic rings. The Morgan fingerprint density at radius 3 is 2.67 bits per heavy atom. The van der Waals surface area contributed by atoms with E-state index in [0.717, 1.165) is 25.9 Å². The average molecular weight is 317 g/mol. The molecule has 0 saturated carbocycles. The number of hydrogen-bond donors (Lipinski definition) is 1. The van der Waals surface area contributed by atoms with Crippen molar-refractivity contribution in [3.63, 3.8) is 0 Å². The van der Waals surface area contributed by atoms with Gasteiger partial charge in [0.05, 0.1) is 0 Å². The molecule has 0 aromatic heterocycles. The van der Waals surface area contributed by atoms with Crippen molar-refractivity contribution in [1.82, 2.24) is 10.2 Å². The molecule has 1 heterocycles. The largest absolute Gasteiger partial charge is 0.344 e. The highest BCUT2D eigenvalue weighted by Gasteiger charge is 2.24. The molecule has 0 bridgehead atoms. The van der Waals surface area contributed by atoms with Crippen molar-refractivity contribution in [3.8, 4) is 0 Å². The Balaban J connectivity index is 1.91. The number of nitrogens with one attached hydrogen (secondary N) is 1. The van der Waals surface area contributed by atoms with Crippen LogP contribution >= 0.6 is 11.6 Å². The van der Waals surface area contributed by atoms with Gasteiger partial charge in [-0.2, -0.15) is 0 Å². The maximum atomic E-state index is 13.1. The van der Waals surface area contributed by atoms with Crippen molar-refractivity contribution in [2.75, 3.05) is 19.6 Å². The first-order valence-electron chi connectivity index (χ1n) is 7.11. The lowest BCUT2D eigenvalue weighted by molar-refractivity contribution is -0.123. The molecule has 1 N–H and O–H groups in total. The lowest BCUT2D eigenvalue weighted by atomic mass is 10.1. The van der Waals surface area contributed by atoms with E-state index >= 15 is 0 Å². The molecule has 2 rings (SSSR count). The molecular weight excluding hydrogens is 298 g/mol. The standard InChI is InChI=1S/C15H19ClF2N2O/c16-12-5-3-4-11(10-12)14(15(17)18)19-13(21)6-9-20-7-1-2-8-20/h3-5,10,14-15H,1-2,6-9H2,(H,19,21)/t14-/m1/s1. The summed E-state index contributed by atoms with van der Waals surface area (Å²) < 4.78 is 26.3. The van der Waals surface area contributed by atoms with Gasteiger partial charge in [-0.3, -0.25) is 4.79 Å². The second-order valence-electron chi connectivity index (χ2n) is 5.23. The van der Waals surface area contributed by atoms with E-state index in [1.165, 1.54) is 6.07 Å². The number of nitrogens with zero attached hydrogens (tertiary/aromatic N) is 1. The minimum atomic E-state index is -2.67. The summed E-state index contributed by atoms with van der Waals surface area (Å²) in [6.07, 6.45) is -0.142. The molecule has 1 aliphatic rings. The average Bonchev–Trinajstić information content (AvgIpc) is 2.95. The summed E-state index contributed by atoms with van der Waals surface area (Å²) in [5.41, 5.74) is 0.326. The van der Waals surface area contributed by atoms with Gasteiger partial charge in [0.2, 0.25) is 5.91 Å². The van der Waals surface area contributed by atoms with E-state index < -0.39 is 12.5 Å². The van der Waals surface area contributed by atoms with Gasteiger partial charge < -0.3 is 10.2 Å². The van der Waals surface area contributed by atoms with Gasteiger partial charge in [0.15, 0.2) is 0 Å². The second-order valence-corrected chi connectivity index (χ2v) is 5.67. The van der Waals surface area contributed by atoms with Gasteiger partial charge in [-0.15, -0.1) is 0 Å². The summed E-state index contributed by atoms with van der Waals surface area (Å²) in [5.74, 6) is -0.354. The van der Waals surface area contributed by atoms with E-state index in [1.54, 1.807) is 18.2 Å². The smallest absolute Gasteiger partial charge is 0.262 e. The summed E-state index contributed by atoms with van der Waals surface area (Å²) in [6, 6.07) is 4.91. The molecular formula is C15H19ClF2N2O. The monoisotopic (exact) mass is 316 g/mol. The van der Waals surface area contributed by atoms with Crippen LogP contribution in [0.15, 0.2) is 24.3 Å². The van der Waals surface area contributed by atoms with Gasteiger partial charge in [-0.1, -0.05) is 23.7 Å².